The van der Waals surface area contributed by atoms with E-state index in [0.29, 0.717) is 5.56 Å². The summed E-state index contributed by atoms with van der Waals surface area (Å²) in [6.07, 6.45) is 6.08. The number of carbonyl (C=O) groups is 1. The standard InChI is InChI=1S/C19H24N2O/c1-3-4-6-11-18(16-9-7-5-8-10-16)21-19(22)17-13-12-15(2)20-14-17/h5,7-10,12-14,18H,3-4,6,11H2,1-2H3,(H,21,22). The van der Waals surface area contributed by atoms with Crippen molar-refractivity contribution in [1.82, 2.24) is 10.3 Å². The maximum atomic E-state index is 12.4. The highest BCUT2D eigenvalue weighted by Crippen LogP contribution is 2.20. The maximum Gasteiger partial charge on any atom is 0.253 e. The van der Waals surface area contributed by atoms with Crippen LogP contribution in [0.2, 0.25) is 0 Å². The number of nitrogens with one attached hydrogen (secondary N) is 1. The Balaban J connectivity index is 2.08. The summed E-state index contributed by atoms with van der Waals surface area (Å²) in [5, 5.41) is 3.15. The van der Waals surface area contributed by atoms with Crippen molar-refractivity contribution < 1.29 is 4.79 Å². The molecule has 3 heteroatoms. The Morgan fingerprint density at radius 2 is 1.91 bits per heavy atom. The molecule has 1 unspecified atom stereocenters. The molecule has 1 heterocycles. The van der Waals surface area contributed by atoms with Crippen LogP contribution < -0.4 is 5.32 Å². The molecule has 0 saturated heterocycles. The van der Waals surface area contributed by atoms with Crippen molar-refractivity contribution in [3.63, 3.8) is 0 Å². The summed E-state index contributed by atoms with van der Waals surface area (Å²) in [4.78, 5) is 16.6. The van der Waals surface area contributed by atoms with E-state index < -0.39 is 0 Å². The smallest absolute Gasteiger partial charge is 0.253 e. The zero-order valence-electron chi connectivity index (χ0n) is 13.4. The number of pyridine rings is 1. The Bertz CT molecular complexity index is 578. The van der Waals surface area contributed by atoms with Gasteiger partial charge in [0, 0.05) is 11.9 Å². The predicted octanol–water partition coefficient (Wildman–Crippen LogP) is 4.44. The van der Waals surface area contributed by atoms with E-state index in [1.807, 2.05) is 37.3 Å². The van der Waals surface area contributed by atoms with Crippen molar-refractivity contribution in [2.45, 2.75) is 45.6 Å². The van der Waals surface area contributed by atoms with Crippen molar-refractivity contribution in [1.29, 1.82) is 0 Å². The maximum absolute atomic E-state index is 12.4. The molecular weight excluding hydrogens is 272 g/mol. The van der Waals surface area contributed by atoms with Gasteiger partial charge < -0.3 is 5.32 Å². The lowest BCUT2D eigenvalue weighted by Gasteiger charge is -2.19. The zero-order valence-corrected chi connectivity index (χ0v) is 13.4. The Hall–Kier alpha value is -2.16. The van der Waals surface area contributed by atoms with Crippen LogP contribution in [0.4, 0.5) is 0 Å². The second-order valence-electron chi connectivity index (χ2n) is 5.62. The summed E-state index contributed by atoms with van der Waals surface area (Å²) < 4.78 is 0. The van der Waals surface area contributed by atoms with Gasteiger partial charge in [-0.05, 0) is 31.0 Å². The van der Waals surface area contributed by atoms with Crippen LogP contribution in [0, 0.1) is 6.92 Å². The number of nitrogens with zero attached hydrogens (tertiary/aromatic N) is 1. The van der Waals surface area contributed by atoms with Crippen LogP contribution in [0.5, 0.6) is 0 Å². The third-order valence-corrected chi connectivity index (χ3v) is 3.78. The molecule has 1 aromatic heterocycles. The van der Waals surface area contributed by atoms with Crippen LogP contribution in [0.25, 0.3) is 0 Å². The minimum absolute atomic E-state index is 0.0570. The fourth-order valence-electron chi connectivity index (χ4n) is 2.45. The molecule has 116 valence electrons. The van der Waals surface area contributed by atoms with E-state index in [2.05, 4.69) is 29.4 Å². The number of benzene rings is 1. The van der Waals surface area contributed by atoms with Crippen molar-refractivity contribution in [2.75, 3.05) is 0 Å². The molecule has 1 atom stereocenters. The molecule has 0 bridgehead atoms. The minimum atomic E-state index is -0.0575. The molecule has 0 aliphatic carbocycles. The highest BCUT2D eigenvalue weighted by Gasteiger charge is 2.15. The zero-order chi connectivity index (χ0) is 15.8. The third-order valence-electron chi connectivity index (χ3n) is 3.78. The molecule has 0 spiro atoms. The predicted molar refractivity (Wildman–Crippen MR) is 89.8 cm³/mol. The first kappa shape index (κ1) is 16.2. The molecule has 22 heavy (non-hydrogen) atoms. The molecule has 1 amide bonds. The van der Waals surface area contributed by atoms with Crippen LogP contribution in [-0.2, 0) is 0 Å². The van der Waals surface area contributed by atoms with Gasteiger partial charge in [0.05, 0.1) is 11.6 Å². The molecule has 0 aliphatic heterocycles. The SMILES string of the molecule is CCCCCC(NC(=O)c1ccc(C)nc1)c1ccccc1. The van der Waals surface area contributed by atoms with Crippen molar-refractivity contribution >= 4 is 5.91 Å². The number of aryl methyl sites for hydroxylation is 1. The van der Waals surface area contributed by atoms with Gasteiger partial charge in [-0.25, -0.2) is 0 Å². The Labute approximate surface area is 132 Å². The Kier molecular flexibility index (Phi) is 6.13. The van der Waals surface area contributed by atoms with Gasteiger partial charge in [-0.3, -0.25) is 9.78 Å². The van der Waals surface area contributed by atoms with E-state index in [1.165, 1.54) is 12.8 Å². The minimum Gasteiger partial charge on any atom is -0.345 e. The fraction of sp³-hybridized carbons (Fsp3) is 0.368. The van der Waals surface area contributed by atoms with Crippen molar-refractivity contribution in [2.24, 2.45) is 0 Å². The van der Waals surface area contributed by atoms with E-state index in [0.717, 1.165) is 24.1 Å². The number of rotatable bonds is 7. The summed E-state index contributed by atoms with van der Waals surface area (Å²) in [6, 6.07) is 13.9. The summed E-state index contributed by atoms with van der Waals surface area (Å²) in [7, 11) is 0. The normalized spacial score (nSPS) is 11.9. The van der Waals surface area contributed by atoms with E-state index >= 15 is 0 Å². The molecule has 2 rings (SSSR count). The summed E-state index contributed by atoms with van der Waals surface area (Å²) >= 11 is 0. The molecule has 0 radical (unpaired) electrons. The monoisotopic (exact) mass is 296 g/mol. The molecule has 0 aliphatic rings. The average Bonchev–Trinajstić information content (AvgIpc) is 2.55. The molecule has 1 aromatic carbocycles. The van der Waals surface area contributed by atoms with Gasteiger partial charge in [0.25, 0.3) is 5.91 Å². The largest absolute Gasteiger partial charge is 0.345 e. The number of unbranched alkanes of at least 4 members (excludes halogenated alkanes) is 2. The van der Waals surface area contributed by atoms with E-state index in [9.17, 15) is 4.79 Å². The van der Waals surface area contributed by atoms with Gasteiger partial charge in [0.2, 0.25) is 0 Å². The van der Waals surface area contributed by atoms with Gasteiger partial charge >= 0.3 is 0 Å². The van der Waals surface area contributed by atoms with Gasteiger partial charge in [-0.2, -0.15) is 0 Å². The molecule has 0 fully saturated rings. The highest BCUT2D eigenvalue weighted by atomic mass is 16.1. The van der Waals surface area contributed by atoms with Gasteiger partial charge in [0.15, 0.2) is 0 Å². The second-order valence-corrected chi connectivity index (χ2v) is 5.62. The molecular formula is C19H24N2O. The third kappa shape index (κ3) is 4.69. The molecule has 2 aromatic rings. The fourth-order valence-corrected chi connectivity index (χ4v) is 2.45. The lowest BCUT2D eigenvalue weighted by atomic mass is 10.00. The first-order valence-corrected chi connectivity index (χ1v) is 7.99. The van der Waals surface area contributed by atoms with Gasteiger partial charge in [-0.15, -0.1) is 0 Å². The van der Waals surface area contributed by atoms with Crippen molar-refractivity contribution in [3.8, 4) is 0 Å². The number of carbonyl (C=O) groups excluding carboxylic acids is 1. The van der Waals surface area contributed by atoms with Crippen LogP contribution in [0.1, 0.15) is 60.3 Å². The quantitative estimate of drug-likeness (QED) is 0.767. The number of hydrogen-bond donors (Lipinski definition) is 1. The van der Waals surface area contributed by atoms with Crippen LogP contribution in [0.15, 0.2) is 48.7 Å². The Morgan fingerprint density at radius 1 is 1.14 bits per heavy atom. The first-order valence-electron chi connectivity index (χ1n) is 7.99. The number of aromatic nitrogens is 1. The van der Waals surface area contributed by atoms with E-state index in [1.54, 1.807) is 6.20 Å². The van der Waals surface area contributed by atoms with Crippen molar-refractivity contribution in [3.05, 3.63) is 65.5 Å². The summed E-state index contributed by atoms with van der Waals surface area (Å²) in [6.45, 7) is 4.10. The lowest BCUT2D eigenvalue weighted by Crippen LogP contribution is -2.28. The topological polar surface area (TPSA) is 42.0 Å². The highest BCUT2D eigenvalue weighted by molar-refractivity contribution is 5.94. The number of amides is 1. The summed E-state index contributed by atoms with van der Waals surface area (Å²) in [5.74, 6) is -0.0575. The van der Waals surface area contributed by atoms with Crippen LogP contribution in [0.3, 0.4) is 0 Å². The first-order chi connectivity index (χ1) is 10.7. The number of hydrogen-bond acceptors (Lipinski definition) is 2. The van der Waals surface area contributed by atoms with E-state index in [-0.39, 0.29) is 11.9 Å². The lowest BCUT2D eigenvalue weighted by molar-refractivity contribution is 0.0933. The summed E-state index contributed by atoms with van der Waals surface area (Å²) in [5.41, 5.74) is 2.69. The Morgan fingerprint density at radius 3 is 2.55 bits per heavy atom. The average molecular weight is 296 g/mol. The van der Waals surface area contributed by atoms with E-state index in [4.69, 9.17) is 0 Å². The van der Waals surface area contributed by atoms with Crippen LogP contribution in [-0.4, -0.2) is 10.9 Å². The van der Waals surface area contributed by atoms with Gasteiger partial charge in [-0.1, -0.05) is 56.5 Å². The van der Waals surface area contributed by atoms with Gasteiger partial charge in [0.1, 0.15) is 0 Å². The molecule has 0 saturated carbocycles. The van der Waals surface area contributed by atoms with Crippen LogP contribution >= 0.6 is 0 Å². The molecule has 1 N–H and O–H groups in total. The second kappa shape index (κ2) is 8.32. The molecule has 3 nitrogen and oxygen atoms in total.